The largest absolute Gasteiger partial charge is 0.242 e. The maximum absolute atomic E-state index is 12.1. The standard InChI is InChI=1S/C12H16ClNO2S/c13-12(9-5-2-6-10-12)14-17(15,16)11-7-3-1-4-8-11/h1,3-4,7-8,14H,2,5-6,9-10H2. The molecule has 0 atom stereocenters. The van der Waals surface area contributed by atoms with Gasteiger partial charge in [0.25, 0.3) is 0 Å². The van der Waals surface area contributed by atoms with E-state index in [4.69, 9.17) is 11.6 Å². The van der Waals surface area contributed by atoms with Gasteiger partial charge in [-0.2, -0.15) is 4.72 Å². The molecule has 3 nitrogen and oxygen atoms in total. The average Bonchev–Trinajstić information content (AvgIpc) is 2.30. The molecule has 1 N–H and O–H groups in total. The Balaban J connectivity index is 2.17. The van der Waals surface area contributed by atoms with E-state index < -0.39 is 15.0 Å². The van der Waals surface area contributed by atoms with Crippen molar-refractivity contribution in [3.63, 3.8) is 0 Å². The molecule has 0 radical (unpaired) electrons. The smallest absolute Gasteiger partial charge is 0.207 e. The van der Waals surface area contributed by atoms with Crippen LogP contribution in [0.3, 0.4) is 0 Å². The molecular weight excluding hydrogens is 258 g/mol. The summed E-state index contributed by atoms with van der Waals surface area (Å²) in [5, 5.41) is 0. The van der Waals surface area contributed by atoms with Crippen LogP contribution in [0, 0.1) is 0 Å². The van der Waals surface area contributed by atoms with Crippen LogP contribution in [0.4, 0.5) is 0 Å². The third-order valence-electron chi connectivity index (χ3n) is 3.02. The van der Waals surface area contributed by atoms with Gasteiger partial charge >= 0.3 is 0 Å². The highest BCUT2D eigenvalue weighted by Crippen LogP contribution is 2.33. The number of alkyl halides is 1. The third kappa shape index (κ3) is 3.21. The Kier molecular flexibility index (Phi) is 3.76. The Morgan fingerprint density at radius 1 is 1.06 bits per heavy atom. The zero-order chi connectivity index (χ0) is 12.4. The Labute approximate surface area is 107 Å². The monoisotopic (exact) mass is 273 g/mol. The summed E-state index contributed by atoms with van der Waals surface area (Å²) in [6, 6.07) is 8.35. The first kappa shape index (κ1) is 12.9. The van der Waals surface area contributed by atoms with E-state index in [1.807, 2.05) is 0 Å². The highest BCUT2D eigenvalue weighted by Gasteiger charge is 2.34. The fourth-order valence-corrected chi connectivity index (χ4v) is 4.00. The minimum atomic E-state index is -3.50. The van der Waals surface area contributed by atoms with Crippen LogP contribution in [0.15, 0.2) is 35.2 Å². The van der Waals surface area contributed by atoms with E-state index in [-0.39, 0.29) is 4.90 Å². The maximum atomic E-state index is 12.1. The Morgan fingerprint density at radius 2 is 1.65 bits per heavy atom. The average molecular weight is 274 g/mol. The summed E-state index contributed by atoms with van der Waals surface area (Å²) in [7, 11) is -3.50. The third-order valence-corrected chi connectivity index (χ3v) is 5.15. The van der Waals surface area contributed by atoms with Crippen LogP contribution in [-0.4, -0.2) is 13.4 Å². The van der Waals surface area contributed by atoms with Crippen molar-refractivity contribution in [2.45, 2.75) is 42.0 Å². The molecule has 5 heteroatoms. The lowest BCUT2D eigenvalue weighted by Gasteiger charge is -2.31. The lowest BCUT2D eigenvalue weighted by Crippen LogP contribution is -2.44. The van der Waals surface area contributed by atoms with Gasteiger partial charge < -0.3 is 0 Å². The zero-order valence-corrected chi connectivity index (χ0v) is 11.1. The van der Waals surface area contributed by atoms with Gasteiger partial charge in [-0.25, -0.2) is 8.42 Å². The molecule has 1 aromatic carbocycles. The van der Waals surface area contributed by atoms with Crippen molar-refractivity contribution in [1.29, 1.82) is 0 Å². The van der Waals surface area contributed by atoms with Crippen LogP contribution in [0.5, 0.6) is 0 Å². The molecule has 1 fully saturated rings. The zero-order valence-electron chi connectivity index (χ0n) is 9.52. The van der Waals surface area contributed by atoms with Gasteiger partial charge in [-0.15, -0.1) is 11.6 Å². The van der Waals surface area contributed by atoms with E-state index in [0.717, 1.165) is 19.3 Å². The molecule has 1 aliphatic rings. The molecule has 0 bridgehead atoms. The van der Waals surface area contributed by atoms with Crippen LogP contribution >= 0.6 is 11.6 Å². The van der Waals surface area contributed by atoms with Crippen LogP contribution in [-0.2, 0) is 10.0 Å². The Hall–Kier alpha value is -0.580. The number of sulfonamides is 1. The molecule has 0 aromatic heterocycles. The quantitative estimate of drug-likeness (QED) is 0.680. The van der Waals surface area contributed by atoms with E-state index >= 15 is 0 Å². The van der Waals surface area contributed by atoms with E-state index in [1.54, 1.807) is 30.3 Å². The van der Waals surface area contributed by atoms with Crippen molar-refractivity contribution in [3.05, 3.63) is 30.3 Å². The van der Waals surface area contributed by atoms with Crippen molar-refractivity contribution in [1.82, 2.24) is 4.72 Å². The van der Waals surface area contributed by atoms with E-state index in [9.17, 15) is 8.42 Å². The number of benzene rings is 1. The second-order valence-corrected chi connectivity index (χ2v) is 6.85. The number of hydrogen-bond donors (Lipinski definition) is 1. The molecule has 94 valence electrons. The normalized spacial score (nSPS) is 20.1. The first-order valence-electron chi connectivity index (χ1n) is 5.80. The van der Waals surface area contributed by atoms with Crippen LogP contribution in [0.2, 0.25) is 0 Å². The van der Waals surface area contributed by atoms with Gasteiger partial charge in [0.05, 0.1) is 4.90 Å². The molecular formula is C12H16ClNO2S. The Bertz CT molecular complexity index is 467. The summed E-state index contributed by atoms with van der Waals surface area (Å²) >= 11 is 6.32. The number of halogens is 1. The summed E-state index contributed by atoms with van der Waals surface area (Å²) in [4.78, 5) is -0.530. The van der Waals surface area contributed by atoms with Crippen LogP contribution in [0.25, 0.3) is 0 Å². The summed E-state index contributed by atoms with van der Waals surface area (Å²) in [6.07, 6.45) is 4.46. The van der Waals surface area contributed by atoms with Crippen molar-refractivity contribution < 1.29 is 8.42 Å². The number of nitrogens with one attached hydrogen (secondary N) is 1. The predicted octanol–water partition coefficient (Wildman–Crippen LogP) is 2.86. The van der Waals surface area contributed by atoms with Gasteiger partial charge in [0.1, 0.15) is 5.00 Å². The summed E-state index contributed by atoms with van der Waals surface area (Å²) in [5.74, 6) is 0. The molecule has 0 saturated heterocycles. The highest BCUT2D eigenvalue weighted by molar-refractivity contribution is 7.89. The molecule has 0 spiro atoms. The van der Waals surface area contributed by atoms with Gasteiger partial charge in [-0.1, -0.05) is 37.5 Å². The highest BCUT2D eigenvalue weighted by atomic mass is 35.5. The van der Waals surface area contributed by atoms with E-state index in [2.05, 4.69) is 4.72 Å². The van der Waals surface area contributed by atoms with Crippen molar-refractivity contribution >= 4 is 21.6 Å². The first-order valence-corrected chi connectivity index (χ1v) is 7.66. The second kappa shape index (κ2) is 4.96. The molecule has 2 rings (SSSR count). The molecule has 0 aliphatic heterocycles. The summed E-state index contributed by atoms with van der Waals surface area (Å²) in [6.45, 7) is 0. The van der Waals surface area contributed by atoms with E-state index in [0.29, 0.717) is 12.8 Å². The molecule has 1 aromatic rings. The predicted molar refractivity (Wildman–Crippen MR) is 68.4 cm³/mol. The minimum absolute atomic E-state index is 0.269. The fraction of sp³-hybridized carbons (Fsp3) is 0.500. The van der Waals surface area contributed by atoms with Crippen molar-refractivity contribution in [2.24, 2.45) is 0 Å². The molecule has 0 unspecified atom stereocenters. The van der Waals surface area contributed by atoms with Gasteiger partial charge in [0.2, 0.25) is 10.0 Å². The Morgan fingerprint density at radius 3 is 2.24 bits per heavy atom. The molecule has 1 aliphatic carbocycles. The van der Waals surface area contributed by atoms with Crippen LogP contribution in [0.1, 0.15) is 32.1 Å². The SMILES string of the molecule is O=S(=O)(NC1(Cl)CCCCC1)c1ccccc1. The molecule has 17 heavy (non-hydrogen) atoms. The summed E-state index contributed by atoms with van der Waals surface area (Å²) in [5.41, 5.74) is 0. The fourth-order valence-electron chi connectivity index (χ4n) is 2.11. The van der Waals surface area contributed by atoms with Gasteiger partial charge in [0, 0.05) is 0 Å². The van der Waals surface area contributed by atoms with Gasteiger partial charge in [-0.05, 0) is 25.0 Å². The maximum Gasteiger partial charge on any atom is 0.242 e. The lowest BCUT2D eigenvalue weighted by molar-refractivity contribution is 0.369. The number of rotatable bonds is 3. The number of hydrogen-bond acceptors (Lipinski definition) is 2. The molecule has 0 heterocycles. The first-order chi connectivity index (χ1) is 8.02. The topological polar surface area (TPSA) is 46.2 Å². The lowest BCUT2D eigenvalue weighted by atomic mass is 9.96. The summed E-state index contributed by atoms with van der Waals surface area (Å²) < 4.78 is 26.8. The molecule has 0 amide bonds. The van der Waals surface area contributed by atoms with Gasteiger partial charge in [-0.3, -0.25) is 0 Å². The van der Waals surface area contributed by atoms with Gasteiger partial charge in [0.15, 0.2) is 0 Å². The molecule has 1 saturated carbocycles. The van der Waals surface area contributed by atoms with Crippen LogP contribution < -0.4 is 4.72 Å². The van der Waals surface area contributed by atoms with Crippen molar-refractivity contribution in [3.8, 4) is 0 Å². The van der Waals surface area contributed by atoms with Crippen molar-refractivity contribution in [2.75, 3.05) is 0 Å². The second-order valence-electron chi connectivity index (χ2n) is 4.44. The van der Waals surface area contributed by atoms with E-state index in [1.165, 1.54) is 0 Å². The minimum Gasteiger partial charge on any atom is -0.207 e.